The SMILES string of the molecule is O=S(=O)(NCC(c1cccs1)N1CCCC1)c1ccc(SC(F)(F)F)cc1. The zero-order valence-corrected chi connectivity index (χ0v) is 16.7. The number of thiophene rings is 1. The summed E-state index contributed by atoms with van der Waals surface area (Å²) in [7, 11) is -3.80. The topological polar surface area (TPSA) is 49.4 Å². The first kappa shape index (κ1) is 20.7. The molecule has 0 bridgehead atoms. The predicted molar refractivity (Wildman–Crippen MR) is 101 cm³/mol. The van der Waals surface area contributed by atoms with Crippen LogP contribution in [0.3, 0.4) is 0 Å². The lowest BCUT2D eigenvalue weighted by atomic mass is 10.2. The molecule has 3 rings (SSSR count). The highest BCUT2D eigenvalue weighted by Crippen LogP contribution is 2.37. The van der Waals surface area contributed by atoms with Gasteiger partial charge in [0, 0.05) is 16.3 Å². The Balaban J connectivity index is 1.69. The maximum Gasteiger partial charge on any atom is 0.446 e. The molecule has 0 amide bonds. The van der Waals surface area contributed by atoms with Gasteiger partial charge in [-0.15, -0.1) is 11.3 Å². The fraction of sp³-hybridized carbons (Fsp3) is 0.412. The summed E-state index contributed by atoms with van der Waals surface area (Å²) in [5.74, 6) is 0. The van der Waals surface area contributed by atoms with Crippen LogP contribution in [0.1, 0.15) is 23.8 Å². The predicted octanol–water partition coefficient (Wildman–Crippen LogP) is 4.48. The first-order valence-electron chi connectivity index (χ1n) is 8.37. The molecule has 0 radical (unpaired) electrons. The summed E-state index contributed by atoms with van der Waals surface area (Å²) in [6, 6.07) is 8.63. The first-order chi connectivity index (χ1) is 12.7. The van der Waals surface area contributed by atoms with Gasteiger partial charge in [-0.2, -0.15) is 13.2 Å². The molecule has 1 atom stereocenters. The van der Waals surface area contributed by atoms with E-state index in [4.69, 9.17) is 0 Å². The molecule has 148 valence electrons. The third kappa shape index (κ3) is 5.71. The second-order valence-corrected chi connectivity index (χ2v) is 10.0. The van der Waals surface area contributed by atoms with E-state index in [1.807, 2.05) is 17.5 Å². The van der Waals surface area contributed by atoms with E-state index in [9.17, 15) is 21.6 Å². The monoisotopic (exact) mass is 436 g/mol. The Morgan fingerprint density at radius 3 is 2.37 bits per heavy atom. The number of halogens is 3. The largest absolute Gasteiger partial charge is 0.446 e. The molecule has 0 aliphatic carbocycles. The van der Waals surface area contributed by atoms with Crippen molar-refractivity contribution in [3.05, 3.63) is 46.7 Å². The van der Waals surface area contributed by atoms with Crippen molar-refractivity contribution in [2.24, 2.45) is 0 Å². The van der Waals surface area contributed by atoms with Crippen LogP contribution in [0, 0.1) is 0 Å². The molecule has 1 aromatic carbocycles. The van der Waals surface area contributed by atoms with Crippen LogP contribution in [0.25, 0.3) is 0 Å². The fourth-order valence-electron chi connectivity index (χ4n) is 3.04. The molecule has 4 nitrogen and oxygen atoms in total. The summed E-state index contributed by atoms with van der Waals surface area (Å²) in [5.41, 5.74) is -4.40. The molecule has 0 saturated carbocycles. The van der Waals surface area contributed by atoms with E-state index in [0.29, 0.717) is 0 Å². The lowest BCUT2D eigenvalue weighted by Gasteiger charge is -2.26. The molecule has 1 unspecified atom stereocenters. The van der Waals surface area contributed by atoms with Crippen molar-refractivity contribution in [3.8, 4) is 0 Å². The summed E-state index contributed by atoms with van der Waals surface area (Å²) < 4.78 is 64.9. The Bertz CT molecular complexity index is 831. The maximum atomic E-state index is 12.6. The quantitative estimate of drug-likeness (QED) is 0.651. The summed E-state index contributed by atoms with van der Waals surface area (Å²) in [5, 5.41) is 1.96. The highest BCUT2D eigenvalue weighted by Gasteiger charge is 2.30. The highest BCUT2D eigenvalue weighted by atomic mass is 32.2. The van der Waals surface area contributed by atoms with Gasteiger partial charge >= 0.3 is 5.51 Å². The molecule has 2 heterocycles. The Hall–Kier alpha value is -1.07. The number of nitrogens with one attached hydrogen (secondary N) is 1. The molecule has 1 aliphatic rings. The lowest BCUT2D eigenvalue weighted by molar-refractivity contribution is -0.0328. The number of nitrogens with zero attached hydrogens (tertiary/aromatic N) is 1. The van der Waals surface area contributed by atoms with Crippen LogP contribution in [0.4, 0.5) is 13.2 Å². The van der Waals surface area contributed by atoms with Crippen molar-refractivity contribution >= 4 is 33.1 Å². The Labute approximate surface area is 164 Å². The number of sulfonamides is 1. The number of alkyl halides is 3. The number of rotatable bonds is 7. The molecular formula is C17H19F3N2O2S3. The second kappa shape index (κ2) is 8.52. The molecule has 0 spiro atoms. The Morgan fingerprint density at radius 1 is 1.15 bits per heavy atom. The molecule has 2 aromatic rings. The van der Waals surface area contributed by atoms with Crippen LogP contribution in [0.5, 0.6) is 0 Å². The molecule has 1 fully saturated rings. The fourth-order valence-corrected chi connectivity index (χ4v) is 5.47. The summed E-state index contributed by atoms with van der Waals surface area (Å²) >= 11 is 1.32. The van der Waals surface area contributed by atoms with Gasteiger partial charge in [0.15, 0.2) is 0 Å². The molecule has 10 heteroatoms. The number of hydrogen-bond acceptors (Lipinski definition) is 5. The zero-order valence-electron chi connectivity index (χ0n) is 14.3. The van der Waals surface area contributed by atoms with E-state index in [1.165, 1.54) is 24.3 Å². The molecule has 1 N–H and O–H groups in total. The van der Waals surface area contributed by atoms with Crippen LogP contribution < -0.4 is 4.72 Å². The van der Waals surface area contributed by atoms with E-state index in [2.05, 4.69) is 9.62 Å². The van der Waals surface area contributed by atoms with Crippen molar-refractivity contribution in [1.82, 2.24) is 9.62 Å². The average molecular weight is 437 g/mol. The van der Waals surface area contributed by atoms with Crippen LogP contribution in [-0.4, -0.2) is 38.5 Å². The van der Waals surface area contributed by atoms with Crippen molar-refractivity contribution in [2.75, 3.05) is 19.6 Å². The van der Waals surface area contributed by atoms with E-state index >= 15 is 0 Å². The average Bonchev–Trinajstić information content (AvgIpc) is 3.28. The number of hydrogen-bond donors (Lipinski definition) is 1. The maximum absolute atomic E-state index is 12.6. The van der Waals surface area contributed by atoms with Gasteiger partial charge in [0.05, 0.1) is 10.9 Å². The van der Waals surface area contributed by atoms with Gasteiger partial charge in [0.25, 0.3) is 0 Å². The van der Waals surface area contributed by atoms with Gasteiger partial charge in [-0.3, -0.25) is 4.90 Å². The number of thioether (sulfide) groups is 1. The molecule has 1 saturated heterocycles. The highest BCUT2D eigenvalue weighted by molar-refractivity contribution is 8.00. The minimum Gasteiger partial charge on any atom is -0.294 e. The Morgan fingerprint density at radius 2 is 1.81 bits per heavy atom. The molecule has 27 heavy (non-hydrogen) atoms. The van der Waals surface area contributed by atoms with Gasteiger partial charge in [0.1, 0.15) is 0 Å². The van der Waals surface area contributed by atoms with Crippen molar-refractivity contribution < 1.29 is 21.6 Å². The molecular weight excluding hydrogens is 417 g/mol. The van der Waals surface area contributed by atoms with Crippen LogP contribution in [0.2, 0.25) is 0 Å². The Kier molecular flexibility index (Phi) is 6.52. The third-order valence-electron chi connectivity index (χ3n) is 4.29. The van der Waals surface area contributed by atoms with Crippen molar-refractivity contribution in [2.45, 2.75) is 34.2 Å². The standard InChI is InChI=1S/C17H19F3N2O2S3/c18-17(19,20)26-13-5-7-14(8-6-13)27(23,24)21-12-15(16-4-3-11-25-16)22-9-1-2-10-22/h3-8,11,15,21H,1-2,9-10,12H2. The normalized spacial score (nSPS) is 17.3. The van der Waals surface area contributed by atoms with Crippen molar-refractivity contribution in [3.63, 3.8) is 0 Å². The minimum atomic E-state index is -4.40. The van der Waals surface area contributed by atoms with Gasteiger partial charge in [-0.05, 0) is 73.4 Å². The van der Waals surface area contributed by atoms with Gasteiger partial charge in [-0.25, -0.2) is 13.1 Å². The van der Waals surface area contributed by atoms with E-state index < -0.39 is 15.5 Å². The summed E-state index contributed by atoms with van der Waals surface area (Å²) in [6.45, 7) is 2.07. The molecule has 1 aromatic heterocycles. The summed E-state index contributed by atoms with van der Waals surface area (Å²) in [6.07, 6.45) is 2.18. The minimum absolute atomic E-state index is 0.0395. The summed E-state index contributed by atoms with van der Waals surface area (Å²) in [4.78, 5) is 3.27. The van der Waals surface area contributed by atoms with E-state index in [1.54, 1.807) is 11.3 Å². The van der Waals surface area contributed by atoms with Crippen molar-refractivity contribution in [1.29, 1.82) is 0 Å². The van der Waals surface area contributed by atoms with E-state index in [0.717, 1.165) is 30.8 Å². The van der Waals surface area contributed by atoms with Gasteiger partial charge in [0.2, 0.25) is 10.0 Å². The lowest BCUT2D eigenvalue weighted by Crippen LogP contribution is -2.36. The van der Waals surface area contributed by atoms with Gasteiger partial charge in [-0.1, -0.05) is 6.07 Å². The number of benzene rings is 1. The van der Waals surface area contributed by atoms with E-state index in [-0.39, 0.29) is 34.1 Å². The second-order valence-electron chi connectivity index (χ2n) is 6.15. The number of likely N-dealkylation sites (tertiary alicyclic amines) is 1. The van der Waals surface area contributed by atoms with Crippen LogP contribution >= 0.6 is 23.1 Å². The molecule has 1 aliphatic heterocycles. The van der Waals surface area contributed by atoms with Gasteiger partial charge < -0.3 is 0 Å². The smallest absolute Gasteiger partial charge is 0.294 e. The third-order valence-corrected chi connectivity index (χ3v) is 7.44. The first-order valence-corrected chi connectivity index (χ1v) is 11.6. The van der Waals surface area contributed by atoms with Crippen LogP contribution in [0.15, 0.2) is 51.6 Å². The van der Waals surface area contributed by atoms with Crippen LogP contribution in [-0.2, 0) is 10.0 Å². The zero-order chi connectivity index (χ0) is 19.5.